The van der Waals surface area contributed by atoms with E-state index < -0.39 is 6.10 Å². The SMILES string of the molecule is Cc1csc(=O)n1CCCC(=O)NCC(O)CO. The summed E-state index contributed by atoms with van der Waals surface area (Å²) in [5.74, 6) is -0.191. The molecule has 1 aromatic heterocycles. The van der Waals surface area contributed by atoms with Gasteiger partial charge in [0.05, 0.1) is 12.7 Å². The number of aryl methyl sites for hydroxylation is 1. The predicted molar refractivity (Wildman–Crippen MR) is 68.7 cm³/mol. The highest BCUT2D eigenvalue weighted by Gasteiger charge is 2.07. The van der Waals surface area contributed by atoms with E-state index in [0.29, 0.717) is 19.4 Å². The van der Waals surface area contributed by atoms with Crippen LogP contribution >= 0.6 is 11.3 Å². The van der Waals surface area contributed by atoms with E-state index in [4.69, 9.17) is 10.2 Å². The van der Waals surface area contributed by atoms with Gasteiger partial charge in [0, 0.05) is 30.6 Å². The molecule has 0 aliphatic heterocycles. The molecule has 0 fully saturated rings. The van der Waals surface area contributed by atoms with Gasteiger partial charge in [0.2, 0.25) is 5.91 Å². The van der Waals surface area contributed by atoms with E-state index >= 15 is 0 Å². The van der Waals surface area contributed by atoms with Gasteiger partial charge in [-0.15, -0.1) is 0 Å². The largest absolute Gasteiger partial charge is 0.394 e. The van der Waals surface area contributed by atoms with Crippen molar-refractivity contribution in [3.8, 4) is 0 Å². The second-order valence-electron chi connectivity index (χ2n) is 4.04. The fraction of sp³-hybridized carbons (Fsp3) is 0.636. The van der Waals surface area contributed by atoms with Crippen LogP contribution in [-0.2, 0) is 11.3 Å². The molecular weight excluding hydrogens is 256 g/mol. The van der Waals surface area contributed by atoms with Crippen LogP contribution in [0.1, 0.15) is 18.5 Å². The molecule has 0 aliphatic rings. The third-order valence-electron chi connectivity index (χ3n) is 2.51. The number of nitrogens with one attached hydrogen (secondary N) is 1. The lowest BCUT2D eigenvalue weighted by Gasteiger charge is -2.09. The van der Waals surface area contributed by atoms with Crippen molar-refractivity contribution in [1.29, 1.82) is 0 Å². The van der Waals surface area contributed by atoms with Crippen molar-refractivity contribution >= 4 is 17.2 Å². The van der Waals surface area contributed by atoms with E-state index in [1.807, 2.05) is 6.92 Å². The molecule has 0 radical (unpaired) electrons. The number of carbonyl (C=O) groups excluding carboxylic acids is 1. The smallest absolute Gasteiger partial charge is 0.307 e. The molecule has 102 valence electrons. The maximum Gasteiger partial charge on any atom is 0.307 e. The molecule has 0 saturated heterocycles. The van der Waals surface area contributed by atoms with Gasteiger partial charge < -0.3 is 20.1 Å². The summed E-state index contributed by atoms with van der Waals surface area (Å²) >= 11 is 1.15. The first-order valence-electron chi connectivity index (χ1n) is 5.75. The predicted octanol–water partition coefficient (Wildman–Crippen LogP) is -0.532. The number of nitrogens with zero attached hydrogens (tertiary/aromatic N) is 1. The fourth-order valence-corrected chi connectivity index (χ4v) is 2.22. The molecule has 0 bridgehead atoms. The van der Waals surface area contributed by atoms with Crippen LogP contribution in [0.15, 0.2) is 10.2 Å². The first-order valence-corrected chi connectivity index (χ1v) is 6.63. The van der Waals surface area contributed by atoms with E-state index in [9.17, 15) is 9.59 Å². The minimum Gasteiger partial charge on any atom is -0.394 e. The van der Waals surface area contributed by atoms with E-state index in [2.05, 4.69) is 5.32 Å². The highest BCUT2D eigenvalue weighted by molar-refractivity contribution is 7.07. The third-order valence-corrected chi connectivity index (χ3v) is 3.39. The summed E-state index contributed by atoms with van der Waals surface area (Å²) < 4.78 is 1.64. The van der Waals surface area contributed by atoms with Crippen molar-refractivity contribution in [2.45, 2.75) is 32.4 Å². The van der Waals surface area contributed by atoms with Crippen LogP contribution in [0.3, 0.4) is 0 Å². The van der Waals surface area contributed by atoms with Gasteiger partial charge in [-0.05, 0) is 13.3 Å². The van der Waals surface area contributed by atoms with Gasteiger partial charge in [-0.25, -0.2) is 0 Å². The first-order chi connectivity index (χ1) is 8.54. The van der Waals surface area contributed by atoms with Crippen LogP contribution < -0.4 is 10.2 Å². The summed E-state index contributed by atoms with van der Waals surface area (Å²) in [5, 5.41) is 21.9. The molecule has 1 heterocycles. The molecule has 0 saturated carbocycles. The van der Waals surface area contributed by atoms with Crippen LogP contribution in [0.2, 0.25) is 0 Å². The number of hydrogen-bond donors (Lipinski definition) is 3. The highest BCUT2D eigenvalue weighted by atomic mass is 32.1. The molecule has 1 unspecified atom stereocenters. The Kier molecular flexibility index (Phi) is 6.03. The van der Waals surface area contributed by atoms with Crippen molar-refractivity contribution in [2.75, 3.05) is 13.2 Å². The van der Waals surface area contributed by atoms with Gasteiger partial charge in [0.15, 0.2) is 0 Å². The van der Waals surface area contributed by atoms with Gasteiger partial charge >= 0.3 is 4.87 Å². The summed E-state index contributed by atoms with van der Waals surface area (Å²) in [6, 6.07) is 0. The third kappa shape index (κ3) is 4.59. The first kappa shape index (κ1) is 14.9. The molecule has 0 aromatic carbocycles. The number of hydrogen-bond acceptors (Lipinski definition) is 5. The zero-order valence-electron chi connectivity index (χ0n) is 10.3. The topological polar surface area (TPSA) is 91.6 Å². The summed E-state index contributed by atoms with van der Waals surface area (Å²) in [6.45, 7) is 2.05. The van der Waals surface area contributed by atoms with E-state index in [-0.39, 0.29) is 23.9 Å². The van der Waals surface area contributed by atoms with E-state index in [1.165, 1.54) is 0 Å². The van der Waals surface area contributed by atoms with Crippen LogP contribution in [-0.4, -0.2) is 39.9 Å². The van der Waals surface area contributed by atoms with Crippen LogP contribution in [0.25, 0.3) is 0 Å². The zero-order chi connectivity index (χ0) is 13.5. The van der Waals surface area contributed by atoms with E-state index in [0.717, 1.165) is 17.0 Å². The molecule has 1 aromatic rings. The van der Waals surface area contributed by atoms with Gasteiger partial charge in [0.1, 0.15) is 0 Å². The lowest BCUT2D eigenvalue weighted by Crippen LogP contribution is -2.33. The molecule has 0 spiro atoms. The molecule has 0 aliphatic carbocycles. The molecule has 7 heteroatoms. The number of aliphatic hydroxyl groups is 2. The number of rotatable bonds is 7. The number of amides is 1. The highest BCUT2D eigenvalue weighted by Crippen LogP contribution is 2.02. The minimum atomic E-state index is -0.921. The molecule has 1 atom stereocenters. The van der Waals surface area contributed by atoms with Crippen molar-refractivity contribution in [2.24, 2.45) is 0 Å². The van der Waals surface area contributed by atoms with Crippen molar-refractivity contribution in [3.05, 3.63) is 20.7 Å². The second kappa shape index (κ2) is 7.30. The molecule has 1 rings (SSSR count). The Morgan fingerprint density at radius 3 is 2.89 bits per heavy atom. The average molecular weight is 274 g/mol. The monoisotopic (exact) mass is 274 g/mol. The Balaban J connectivity index is 2.26. The summed E-state index contributed by atoms with van der Waals surface area (Å²) in [7, 11) is 0. The Morgan fingerprint density at radius 1 is 1.61 bits per heavy atom. The van der Waals surface area contributed by atoms with Crippen molar-refractivity contribution < 1.29 is 15.0 Å². The number of thiazole rings is 1. The standard InChI is InChI=1S/C11H18N2O4S/c1-8-7-18-11(17)13(8)4-2-3-10(16)12-5-9(15)6-14/h7,9,14-15H,2-6H2,1H3,(H,12,16). The molecule has 6 nitrogen and oxygen atoms in total. The lowest BCUT2D eigenvalue weighted by molar-refractivity contribution is -0.121. The van der Waals surface area contributed by atoms with Crippen LogP contribution in [0, 0.1) is 6.92 Å². The lowest BCUT2D eigenvalue weighted by atomic mass is 10.2. The molecule has 18 heavy (non-hydrogen) atoms. The van der Waals surface area contributed by atoms with Crippen LogP contribution in [0.5, 0.6) is 0 Å². The normalized spacial score (nSPS) is 12.4. The minimum absolute atomic E-state index is 0.0105. The fourth-order valence-electron chi connectivity index (χ4n) is 1.46. The Morgan fingerprint density at radius 2 is 2.33 bits per heavy atom. The van der Waals surface area contributed by atoms with Crippen LogP contribution in [0.4, 0.5) is 0 Å². The average Bonchev–Trinajstić information content (AvgIpc) is 2.67. The van der Waals surface area contributed by atoms with Gasteiger partial charge in [-0.2, -0.15) is 0 Å². The van der Waals surface area contributed by atoms with Gasteiger partial charge in [-0.3, -0.25) is 9.59 Å². The quantitative estimate of drug-likeness (QED) is 0.623. The number of aliphatic hydroxyl groups excluding tert-OH is 2. The number of aromatic nitrogens is 1. The summed E-state index contributed by atoms with van der Waals surface area (Å²) in [5.41, 5.74) is 0.904. The Labute approximate surface area is 109 Å². The summed E-state index contributed by atoms with van der Waals surface area (Å²) in [4.78, 5) is 22.8. The molecule has 3 N–H and O–H groups in total. The van der Waals surface area contributed by atoms with Crippen molar-refractivity contribution in [3.63, 3.8) is 0 Å². The molecular formula is C11H18N2O4S. The summed E-state index contributed by atoms with van der Waals surface area (Å²) in [6.07, 6.45) is -0.0611. The molecule has 1 amide bonds. The zero-order valence-corrected chi connectivity index (χ0v) is 11.1. The van der Waals surface area contributed by atoms with Crippen molar-refractivity contribution in [1.82, 2.24) is 9.88 Å². The maximum atomic E-state index is 11.4. The Bertz CT molecular complexity index is 440. The van der Waals surface area contributed by atoms with Gasteiger partial charge in [0.25, 0.3) is 0 Å². The Hall–Kier alpha value is -1.18. The van der Waals surface area contributed by atoms with E-state index in [1.54, 1.807) is 9.95 Å². The second-order valence-corrected chi connectivity index (χ2v) is 4.86. The number of carbonyl (C=O) groups is 1. The van der Waals surface area contributed by atoms with Gasteiger partial charge in [-0.1, -0.05) is 11.3 Å². The maximum absolute atomic E-state index is 11.4.